The van der Waals surface area contributed by atoms with Crippen molar-refractivity contribution < 1.29 is 0 Å². The minimum absolute atomic E-state index is 0.568. The molecule has 4 heteroatoms. The quantitative estimate of drug-likeness (QED) is 0.874. The van der Waals surface area contributed by atoms with E-state index in [0.29, 0.717) is 12.5 Å². The Labute approximate surface area is 101 Å². The molecule has 0 bridgehead atoms. The highest BCUT2D eigenvalue weighted by molar-refractivity contribution is 5.55. The van der Waals surface area contributed by atoms with Gasteiger partial charge in [-0.3, -0.25) is 0 Å². The van der Waals surface area contributed by atoms with Crippen LogP contribution in [0.1, 0.15) is 19.4 Å². The van der Waals surface area contributed by atoms with E-state index in [1.807, 2.05) is 24.3 Å². The molecule has 2 aromatic rings. The summed E-state index contributed by atoms with van der Waals surface area (Å²) in [7, 11) is 0. The van der Waals surface area contributed by atoms with Crippen molar-refractivity contribution in [1.82, 2.24) is 14.8 Å². The highest BCUT2D eigenvalue weighted by Gasteiger charge is 2.08. The molecule has 0 unspecified atom stereocenters. The van der Waals surface area contributed by atoms with Crippen LogP contribution in [-0.4, -0.2) is 14.8 Å². The van der Waals surface area contributed by atoms with Crippen molar-refractivity contribution in [3.63, 3.8) is 0 Å². The van der Waals surface area contributed by atoms with Crippen molar-refractivity contribution in [2.75, 3.05) is 0 Å². The summed E-state index contributed by atoms with van der Waals surface area (Å²) in [6.45, 7) is 5.86. The molecular formula is C13H18N4. The monoisotopic (exact) mass is 230 g/mol. The third kappa shape index (κ3) is 2.71. The molecule has 1 heterocycles. The number of rotatable bonds is 4. The zero-order valence-electron chi connectivity index (χ0n) is 10.3. The number of nitrogens with two attached hydrogens (primary N) is 1. The summed E-state index contributed by atoms with van der Waals surface area (Å²) < 4.78 is 2.09. The highest BCUT2D eigenvalue weighted by atomic mass is 15.3. The molecule has 1 aromatic carbocycles. The van der Waals surface area contributed by atoms with Crippen molar-refractivity contribution in [1.29, 1.82) is 0 Å². The van der Waals surface area contributed by atoms with Crippen LogP contribution in [0.4, 0.5) is 0 Å². The van der Waals surface area contributed by atoms with Gasteiger partial charge in [0.25, 0.3) is 0 Å². The predicted molar refractivity (Wildman–Crippen MR) is 68.2 cm³/mol. The Kier molecular flexibility index (Phi) is 3.54. The predicted octanol–water partition coefficient (Wildman–Crippen LogP) is 2.06. The first-order valence-electron chi connectivity index (χ1n) is 5.88. The number of nitrogens with zero attached hydrogens (tertiary/aromatic N) is 3. The van der Waals surface area contributed by atoms with Gasteiger partial charge in [0.05, 0.1) is 0 Å². The van der Waals surface area contributed by atoms with Crippen LogP contribution in [0.15, 0.2) is 30.6 Å². The molecule has 2 N–H and O–H groups in total. The van der Waals surface area contributed by atoms with E-state index in [2.05, 4.69) is 28.6 Å². The lowest BCUT2D eigenvalue weighted by molar-refractivity contribution is 0.525. The highest BCUT2D eigenvalue weighted by Crippen LogP contribution is 2.18. The number of hydrogen-bond acceptors (Lipinski definition) is 3. The van der Waals surface area contributed by atoms with E-state index in [9.17, 15) is 0 Å². The number of benzene rings is 1. The fourth-order valence-corrected chi connectivity index (χ4v) is 1.80. The fourth-order valence-electron chi connectivity index (χ4n) is 1.80. The van der Waals surface area contributed by atoms with Gasteiger partial charge in [0.15, 0.2) is 5.82 Å². The molecule has 2 rings (SSSR count). The first-order valence-corrected chi connectivity index (χ1v) is 5.88. The summed E-state index contributed by atoms with van der Waals surface area (Å²) >= 11 is 0. The molecule has 0 radical (unpaired) electrons. The Morgan fingerprint density at radius 3 is 2.53 bits per heavy atom. The third-order valence-corrected chi connectivity index (χ3v) is 2.63. The summed E-state index contributed by atoms with van der Waals surface area (Å²) in [6, 6.07) is 8.15. The Balaban J connectivity index is 2.29. The van der Waals surface area contributed by atoms with Gasteiger partial charge in [-0.1, -0.05) is 38.1 Å². The summed E-state index contributed by atoms with van der Waals surface area (Å²) in [6.07, 6.45) is 1.78. The van der Waals surface area contributed by atoms with Gasteiger partial charge in [0.2, 0.25) is 0 Å². The molecule has 0 fully saturated rings. The van der Waals surface area contributed by atoms with E-state index in [1.54, 1.807) is 6.33 Å². The zero-order valence-corrected chi connectivity index (χ0v) is 10.3. The molecule has 4 nitrogen and oxygen atoms in total. The van der Waals surface area contributed by atoms with Gasteiger partial charge in [0, 0.05) is 18.7 Å². The molecule has 0 aliphatic carbocycles. The molecule has 17 heavy (non-hydrogen) atoms. The van der Waals surface area contributed by atoms with Crippen LogP contribution in [0.25, 0.3) is 11.4 Å². The SMILES string of the molecule is CC(C)Cn1cnnc1-c1ccc(CN)cc1. The second-order valence-corrected chi connectivity index (χ2v) is 4.60. The van der Waals surface area contributed by atoms with Crippen LogP contribution >= 0.6 is 0 Å². The fraction of sp³-hybridized carbons (Fsp3) is 0.385. The lowest BCUT2D eigenvalue weighted by atomic mass is 10.1. The summed E-state index contributed by atoms with van der Waals surface area (Å²) in [5.41, 5.74) is 7.79. The molecule has 0 aliphatic rings. The molecule has 0 aliphatic heterocycles. The third-order valence-electron chi connectivity index (χ3n) is 2.63. The van der Waals surface area contributed by atoms with Gasteiger partial charge in [-0.15, -0.1) is 10.2 Å². The second-order valence-electron chi connectivity index (χ2n) is 4.60. The molecule has 0 atom stereocenters. The van der Waals surface area contributed by atoms with Gasteiger partial charge in [-0.05, 0) is 11.5 Å². The first kappa shape index (κ1) is 11.8. The molecule has 0 saturated heterocycles. The molecular weight excluding hydrogens is 212 g/mol. The van der Waals surface area contributed by atoms with Gasteiger partial charge in [0.1, 0.15) is 6.33 Å². The normalized spacial score (nSPS) is 11.1. The molecule has 0 amide bonds. The maximum Gasteiger partial charge on any atom is 0.163 e. The van der Waals surface area contributed by atoms with Crippen LogP contribution in [0.5, 0.6) is 0 Å². The van der Waals surface area contributed by atoms with Crippen LogP contribution in [0.3, 0.4) is 0 Å². The minimum Gasteiger partial charge on any atom is -0.326 e. The van der Waals surface area contributed by atoms with Crippen LogP contribution in [0.2, 0.25) is 0 Å². The Morgan fingerprint density at radius 1 is 1.24 bits per heavy atom. The summed E-state index contributed by atoms with van der Waals surface area (Å²) in [5.74, 6) is 1.50. The van der Waals surface area contributed by atoms with Crippen LogP contribution in [-0.2, 0) is 13.1 Å². The van der Waals surface area contributed by atoms with E-state index in [4.69, 9.17) is 5.73 Å². The van der Waals surface area contributed by atoms with Crippen molar-refractivity contribution in [3.8, 4) is 11.4 Å². The first-order chi connectivity index (χ1) is 8.20. The lowest BCUT2D eigenvalue weighted by Crippen LogP contribution is -2.05. The average Bonchev–Trinajstić information content (AvgIpc) is 2.76. The van der Waals surface area contributed by atoms with Gasteiger partial charge >= 0.3 is 0 Å². The Hall–Kier alpha value is -1.68. The lowest BCUT2D eigenvalue weighted by Gasteiger charge is -2.09. The number of aromatic nitrogens is 3. The topological polar surface area (TPSA) is 56.7 Å². The molecule has 1 aromatic heterocycles. The van der Waals surface area contributed by atoms with Crippen molar-refractivity contribution >= 4 is 0 Å². The number of hydrogen-bond donors (Lipinski definition) is 1. The largest absolute Gasteiger partial charge is 0.326 e. The van der Waals surface area contributed by atoms with Gasteiger partial charge in [-0.2, -0.15) is 0 Å². The average molecular weight is 230 g/mol. The molecule has 90 valence electrons. The Bertz CT molecular complexity index is 470. The van der Waals surface area contributed by atoms with E-state index in [-0.39, 0.29) is 0 Å². The Morgan fingerprint density at radius 2 is 1.94 bits per heavy atom. The minimum atomic E-state index is 0.568. The molecule has 0 spiro atoms. The van der Waals surface area contributed by atoms with E-state index >= 15 is 0 Å². The van der Waals surface area contributed by atoms with E-state index in [1.165, 1.54) is 0 Å². The van der Waals surface area contributed by atoms with Crippen LogP contribution < -0.4 is 5.73 Å². The van der Waals surface area contributed by atoms with Gasteiger partial charge < -0.3 is 10.3 Å². The van der Waals surface area contributed by atoms with Crippen molar-refractivity contribution in [3.05, 3.63) is 36.2 Å². The standard InChI is InChI=1S/C13H18N4/c1-10(2)8-17-9-15-16-13(17)12-5-3-11(7-14)4-6-12/h3-6,9-10H,7-8,14H2,1-2H3. The van der Waals surface area contributed by atoms with E-state index in [0.717, 1.165) is 23.5 Å². The smallest absolute Gasteiger partial charge is 0.163 e. The maximum atomic E-state index is 5.58. The van der Waals surface area contributed by atoms with Crippen molar-refractivity contribution in [2.24, 2.45) is 11.7 Å². The summed E-state index contributed by atoms with van der Waals surface area (Å²) in [4.78, 5) is 0. The van der Waals surface area contributed by atoms with Gasteiger partial charge in [-0.25, -0.2) is 0 Å². The zero-order chi connectivity index (χ0) is 12.3. The van der Waals surface area contributed by atoms with Crippen LogP contribution in [0, 0.1) is 5.92 Å². The maximum absolute atomic E-state index is 5.58. The molecule has 0 saturated carbocycles. The second kappa shape index (κ2) is 5.10. The summed E-state index contributed by atoms with van der Waals surface area (Å²) in [5, 5.41) is 8.16. The van der Waals surface area contributed by atoms with E-state index < -0.39 is 0 Å². The van der Waals surface area contributed by atoms with Crippen molar-refractivity contribution in [2.45, 2.75) is 26.9 Å².